The fourth-order valence-electron chi connectivity index (χ4n) is 10.0. The average Bonchev–Trinajstić information content (AvgIpc) is 3.74. The van der Waals surface area contributed by atoms with Gasteiger partial charge in [-0.1, -0.05) is 188 Å². The lowest BCUT2D eigenvalue weighted by molar-refractivity contribution is 1.08. The van der Waals surface area contributed by atoms with E-state index in [1.807, 2.05) is 0 Å². The Kier molecular flexibility index (Phi) is 9.14. The minimum Gasteiger partial charge on any atom is -0.309 e. The molecule has 67 heavy (non-hydrogen) atoms. The molecule has 13 rings (SSSR count). The van der Waals surface area contributed by atoms with Gasteiger partial charge in [-0.25, -0.2) is 15.0 Å². The predicted octanol–water partition coefficient (Wildman–Crippen LogP) is 16.4. The Balaban J connectivity index is 0.925. The lowest BCUT2D eigenvalue weighted by Crippen LogP contribution is -2.01. The van der Waals surface area contributed by atoms with Crippen LogP contribution in [0.1, 0.15) is 0 Å². The summed E-state index contributed by atoms with van der Waals surface area (Å²) in [6.07, 6.45) is 0. The zero-order valence-corrected chi connectivity index (χ0v) is 36.4. The summed E-state index contributed by atoms with van der Waals surface area (Å²) in [6, 6.07) is 86.6. The number of fused-ring (bicyclic) bond motifs is 6. The Morgan fingerprint density at radius 2 is 0.776 bits per heavy atom. The third-order valence-electron chi connectivity index (χ3n) is 13.2. The molecule has 0 saturated carbocycles. The molecule has 0 radical (unpaired) electrons. The van der Waals surface area contributed by atoms with Gasteiger partial charge in [-0.05, 0) is 120 Å². The van der Waals surface area contributed by atoms with Crippen molar-refractivity contribution >= 4 is 54.1 Å². The molecule has 0 atom stereocenters. The van der Waals surface area contributed by atoms with Crippen LogP contribution in [0.3, 0.4) is 0 Å². The Morgan fingerprint density at radius 3 is 1.58 bits per heavy atom. The van der Waals surface area contributed by atoms with Gasteiger partial charge >= 0.3 is 0 Å². The molecule has 4 heteroatoms. The first-order valence-electron chi connectivity index (χ1n) is 22.8. The van der Waals surface area contributed by atoms with Gasteiger partial charge in [0.15, 0.2) is 17.5 Å². The monoisotopic (exact) mass is 852 g/mol. The van der Waals surface area contributed by atoms with E-state index in [1.54, 1.807) is 0 Å². The van der Waals surface area contributed by atoms with E-state index in [4.69, 9.17) is 15.0 Å². The van der Waals surface area contributed by atoms with Crippen LogP contribution in [0.2, 0.25) is 0 Å². The maximum Gasteiger partial charge on any atom is 0.164 e. The summed E-state index contributed by atoms with van der Waals surface area (Å²) in [7, 11) is 0. The maximum absolute atomic E-state index is 5.28. The molecule has 0 fully saturated rings. The van der Waals surface area contributed by atoms with Crippen molar-refractivity contribution in [3.05, 3.63) is 243 Å². The summed E-state index contributed by atoms with van der Waals surface area (Å²) in [6.45, 7) is 0. The molecule has 2 aromatic heterocycles. The van der Waals surface area contributed by atoms with Crippen molar-refractivity contribution in [2.24, 2.45) is 0 Å². The highest BCUT2D eigenvalue weighted by molar-refractivity contribution is 6.10. The second kappa shape index (κ2) is 15.9. The van der Waals surface area contributed by atoms with Crippen LogP contribution in [0.4, 0.5) is 0 Å². The van der Waals surface area contributed by atoms with Gasteiger partial charge in [0, 0.05) is 33.2 Å². The topological polar surface area (TPSA) is 43.6 Å². The van der Waals surface area contributed by atoms with E-state index >= 15 is 0 Å². The van der Waals surface area contributed by atoms with Crippen molar-refractivity contribution in [2.75, 3.05) is 0 Å². The van der Waals surface area contributed by atoms with Crippen molar-refractivity contribution in [1.29, 1.82) is 0 Å². The van der Waals surface area contributed by atoms with E-state index in [-0.39, 0.29) is 0 Å². The highest BCUT2D eigenvalue weighted by atomic mass is 15.0. The molecule has 4 nitrogen and oxygen atoms in total. The first kappa shape index (κ1) is 38.5. The van der Waals surface area contributed by atoms with E-state index in [2.05, 4.69) is 247 Å². The fraction of sp³-hybridized carbons (Fsp3) is 0. The summed E-state index contributed by atoms with van der Waals surface area (Å²) < 4.78 is 2.33. The maximum atomic E-state index is 5.28. The zero-order chi connectivity index (χ0) is 44.3. The third-order valence-corrected chi connectivity index (χ3v) is 13.2. The van der Waals surface area contributed by atoms with Crippen molar-refractivity contribution in [2.45, 2.75) is 0 Å². The van der Waals surface area contributed by atoms with Gasteiger partial charge in [-0.15, -0.1) is 0 Å². The van der Waals surface area contributed by atoms with Crippen LogP contribution in [0.25, 0.3) is 127 Å². The molecule has 0 aliphatic carbocycles. The van der Waals surface area contributed by atoms with Crippen LogP contribution >= 0.6 is 0 Å². The van der Waals surface area contributed by atoms with E-state index in [9.17, 15) is 0 Å². The number of para-hydroxylation sites is 2. The largest absolute Gasteiger partial charge is 0.309 e. The third kappa shape index (κ3) is 6.74. The molecule has 0 bridgehead atoms. The standard InChI is InChI=1S/C63H40N4/c1-3-15-42(16-4-1)54-35-33-43-18-8-10-25-53(43)60(54)48-32-31-46-37-45(29-30-47(46)38-48)44-20-13-21-49(39-44)61-64-62(66-63(65-61)56-27-14-19-41-17-7-9-24-52(41)56)50-34-36-59-57(40-50)55-26-11-12-28-58(55)67(59)51-22-5-2-6-23-51/h1-40H. The van der Waals surface area contributed by atoms with Crippen molar-refractivity contribution in [3.63, 3.8) is 0 Å². The lowest BCUT2D eigenvalue weighted by atomic mass is 9.88. The summed E-state index contributed by atoms with van der Waals surface area (Å²) in [5.74, 6) is 1.88. The molecule has 312 valence electrons. The van der Waals surface area contributed by atoms with Crippen LogP contribution < -0.4 is 0 Å². The van der Waals surface area contributed by atoms with Gasteiger partial charge < -0.3 is 4.57 Å². The second-order valence-corrected chi connectivity index (χ2v) is 17.2. The van der Waals surface area contributed by atoms with Crippen LogP contribution in [-0.2, 0) is 0 Å². The summed E-state index contributed by atoms with van der Waals surface area (Å²) in [5, 5.41) is 9.40. The van der Waals surface area contributed by atoms with Crippen molar-refractivity contribution in [3.8, 4) is 73.2 Å². The minimum absolute atomic E-state index is 0.622. The number of benzene rings is 11. The van der Waals surface area contributed by atoms with E-state index in [0.717, 1.165) is 60.7 Å². The molecule has 0 spiro atoms. The van der Waals surface area contributed by atoms with E-state index in [0.29, 0.717) is 17.5 Å². The Hall–Kier alpha value is -8.99. The normalized spacial score (nSPS) is 11.6. The number of nitrogens with zero attached hydrogens (tertiary/aromatic N) is 4. The molecular weight excluding hydrogens is 813 g/mol. The molecule has 0 amide bonds. The van der Waals surface area contributed by atoms with Gasteiger partial charge in [0.25, 0.3) is 0 Å². The molecule has 13 aromatic rings. The number of rotatable bonds is 7. The minimum atomic E-state index is 0.622. The lowest BCUT2D eigenvalue weighted by Gasteiger charge is -2.15. The summed E-state index contributed by atoms with van der Waals surface area (Å²) >= 11 is 0. The van der Waals surface area contributed by atoms with Crippen LogP contribution in [0.5, 0.6) is 0 Å². The van der Waals surface area contributed by atoms with Gasteiger partial charge in [-0.3, -0.25) is 0 Å². The van der Waals surface area contributed by atoms with Crippen LogP contribution in [0.15, 0.2) is 243 Å². The van der Waals surface area contributed by atoms with E-state index < -0.39 is 0 Å². The van der Waals surface area contributed by atoms with Gasteiger partial charge in [-0.2, -0.15) is 0 Å². The first-order valence-corrected chi connectivity index (χ1v) is 22.8. The second-order valence-electron chi connectivity index (χ2n) is 17.2. The van der Waals surface area contributed by atoms with Gasteiger partial charge in [0.2, 0.25) is 0 Å². The van der Waals surface area contributed by atoms with E-state index in [1.165, 1.54) is 49.2 Å². The molecule has 0 aliphatic rings. The van der Waals surface area contributed by atoms with Gasteiger partial charge in [0.05, 0.1) is 11.0 Å². The number of hydrogen-bond donors (Lipinski definition) is 0. The zero-order valence-electron chi connectivity index (χ0n) is 36.4. The highest BCUT2D eigenvalue weighted by Gasteiger charge is 2.19. The molecule has 0 aliphatic heterocycles. The van der Waals surface area contributed by atoms with Crippen molar-refractivity contribution < 1.29 is 0 Å². The highest BCUT2D eigenvalue weighted by Crippen LogP contribution is 2.41. The number of aromatic nitrogens is 4. The first-order chi connectivity index (χ1) is 33.2. The molecule has 11 aromatic carbocycles. The van der Waals surface area contributed by atoms with Crippen molar-refractivity contribution in [1.82, 2.24) is 19.5 Å². The molecule has 0 unspecified atom stereocenters. The van der Waals surface area contributed by atoms with Crippen LogP contribution in [-0.4, -0.2) is 19.5 Å². The SMILES string of the molecule is c1ccc(-c2ccc3ccccc3c2-c2ccc3cc(-c4cccc(-c5nc(-c6ccc7c(c6)c6ccccc6n7-c6ccccc6)nc(-c6cccc7ccccc67)n5)c4)ccc3c2)cc1. The fourth-order valence-corrected chi connectivity index (χ4v) is 10.0. The quantitative estimate of drug-likeness (QED) is 0.160. The van der Waals surface area contributed by atoms with Crippen LogP contribution in [0, 0.1) is 0 Å². The molecule has 0 N–H and O–H groups in total. The molecular formula is C63H40N4. The Morgan fingerprint density at radius 1 is 0.254 bits per heavy atom. The predicted molar refractivity (Wildman–Crippen MR) is 279 cm³/mol. The number of hydrogen-bond acceptors (Lipinski definition) is 3. The smallest absolute Gasteiger partial charge is 0.164 e. The molecule has 0 saturated heterocycles. The Labute approximate surface area is 387 Å². The summed E-state index contributed by atoms with van der Waals surface area (Å²) in [5.41, 5.74) is 13.3. The molecule has 2 heterocycles. The average molecular weight is 853 g/mol. The Bertz CT molecular complexity index is 4030. The summed E-state index contributed by atoms with van der Waals surface area (Å²) in [4.78, 5) is 15.8. The van der Waals surface area contributed by atoms with Gasteiger partial charge in [0.1, 0.15) is 0 Å².